The summed E-state index contributed by atoms with van der Waals surface area (Å²) in [6, 6.07) is 15.0. The molecule has 0 fully saturated rings. The molecule has 8 heteroatoms. The second-order valence-corrected chi connectivity index (χ2v) is 11.9. The normalized spacial score (nSPS) is 13.7. The number of hydrogen-bond acceptors (Lipinski definition) is 8. The van der Waals surface area contributed by atoms with E-state index in [0.717, 1.165) is 94.6 Å². The lowest BCUT2D eigenvalue weighted by atomic mass is 9.84. The quantitative estimate of drug-likeness (QED) is 0.0438. The Balaban J connectivity index is 1.56. The molecular weight excluding hydrogens is 580 g/mol. The fourth-order valence-corrected chi connectivity index (χ4v) is 6.46. The van der Waals surface area contributed by atoms with Crippen molar-refractivity contribution in [2.24, 2.45) is 10.7 Å². The molecule has 0 spiro atoms. The van der Waals surface area contributed by atoms with E-state index in [-0.39, 0.29) is 0 Å². The first kappa shape index (κ1) is 31.4. The fourth-order valence-electron chi connectivity index (χ4n) is 6.46. The van der Waals surface area contributed by atoms with Crippen LogP contribution in [0.3, 0.4) is 0 Å². The molecule has 1 aliphatic heterocycles. The zero-order valence-electron chi connectivity index (χ0n) is 26.6. The Labute approximate surface area is 268 Å². The highest BCUT2D eigenvalue weighted by Crippen LogP contribution is 2.45. The third kappa shape index (κ3) is 5.66. The molecule has 0 unspecified atom stereocenters. The lowest BCUT2D eigenvalue weighted by Gasteiger charge is -2.23. The van der Waals surface area contributed by atoms with Crippen molar-refractivity contribution in [2.75, 3.05) is 26.3 Å². The molecule has 238 valence electrons. The number of cyclic esters (lactones) is 1. The van der Waals surface area contributed by atoms with Crippen LogP contribution in [0.4, 0.5) is 0 Å². The number of unbranched alkanes of at least 4 members (excludes halogenated alkanes) is 5. The molecule has 2 N–H and O–H groups in total. The molecule has 0 saturated heterocycles. The summed E-state index contributed by atoms with van der Waals surface area (Å²) in [6.07, 6.45) is 7.23. The van der Waals surface area contributed by atoms with Crippen molar-refractivity contribution in [3.63, 3.8) is 0 Å². The van der Waals surface area contributed by atoms with Crippen LogP contribution in [0.1, 0.15) is 102 Å². The minimum absolute atomic E-state index is 0.302. The van der Waals surface area contributed by atoms with Crippen molar-refractivity contribution in [3.8, 4) is 0 Å². The number of fused-ring (bicyclic) bond motifs is 2. The maximum Gasteiger partial charge on any atom is 0.345 e. The Hall–Kier alpha value is -4.56. The first-order chi connectivity index (χ1) is 22.5. The van der Waals surface area contributed by atoms with Gasteiger partial charge in [0, 0.05) is 22.9 Å². The molecule has 0 saturated carbocycles. The lowest BCUT2D eigenvalue weighted by molar-refractivity contribution is 0.0500. The molecule has 0 amide bonds. The van der Waals surface area contributed by atoms with Crippen molar-refractivity contribution in [3.05, 3.63) is 70.8 Å². The van der Waals surface area contributed by atoms with Crippen LogP contribution >= 0.6 is 0 Å². The number of aliphatic imine (C=N–C) groups is 1. The van der Waals surface area contributed by atoms with Gasteiger partial charge in [0.15, 0.2) is 0 Å². The zero-order chi connectivity index (χ0) is 32.2. The number of nitrogens with zero attached hydrogens (tertiary/aromatic N) is 1. The molecule has 0 bridgehead atoms. The van der Waals surface area contributed by atoms with Gasteiger partial charge in [-0.15, -0.1) is 0 Å². The van der Waals surface area contributed by atoms with Crippen molar-refractivity contribution in [1.82, 2.24) is 0 Å². The van der Waals surface area contributed by atoms with Crippen molar-refractivity contribution < 1.29 is 28.6 Å². The van der Waals surface area contributed by atoms with E-state index in [0.29, 0.717) is 54.3 Å². The predicted molar refractivity (Wildman–Crippen MR) is 182 cm³/mol. The maximum absolute atomic E-state index is 13.5. The maximum atomic E-state index is 13.5. The zero-order valence-corrected chi connectivity index (χ0v) is 26.6. The molecule has 0 aliphatic carbocycles. The monoisotopic (exact) mass is 620 g/mol. The molecule has 1 aliphatic rings. The van der Waals surface area contributed by atoms with Gasteiger partial charge >= 0.3 is 17.9 Å². The van der Waals surface area contributed by atoms with Gasteiger partial charge in [0.25, 0.3) is 0 Å². The van der Waals surface area contributed by atoms with E-state index in [1.165, 1.54) is 0 Å². The average molecular weight is 621 g/mol. The van der Waals surface area contributed by atoms with E-state index in [1.54, 1.807) is 18.2 Å². The van der Waals surface area contributed by atoms with Crippen molar-refractivity contribution in [1.29, 1.82) is 0 Å². The summed E-state index contributed by atoms with van der Waals surface area (Å²) < 4.78 is 17.0. The van der Waals surface area contributed by atoms with Crippen LogP contribution in [0.25, 0.3) is 43.1 Å². The van der Waals surface area contributed by atoms with E-state index in [2.05, 4.69) is 0 Å². The van der Waals surface area contributed by atoms with Crippen LogP contribution in [-0.4, -0.2) is 50.1 Å². The third-order valence-electron chi connectivity index (χ3n) is 8.81. The van der Waals surface area contributed by atoms with Gasteiger partial charge in [0.1, 0.15) is 0 Å². The van der Waals surface area contributed by atoms with Gasteiger partial charge in [-0.2, -0.15) is 0 Å². The Morgan fingerprint density at radius 2 is 1.17 bits per heavy atom. The topological polar surface area (TPSA) is 117 Å². The molecule has 5 aromatic carbocycles. The Morgan fingerprint density at radius 1 is 0.652 bits per heavy atom. The van der Waals surface area contributed by atoms with Crippen molar-refractivity contribution >= 4 is 66.9 Å². The highest BCUT2D eigenvalue weighted by Gasteiger charge is 2.30. The minimum Gasteiger partial charge on any atom is -0.462 e. The first-order valence-electron chi connectivity index (χ1n) is 16.5. The number of rotatable bonds is 14. The molecular formula is C38H40N2O6. The smallest absolute Gasteiger partial charge is 0.345 e. The second-order valence-electron chi connectivity index (χ2n) is 11.9. The van der Waals surface area contributed by atoms with Crippen LogP contribution in [0.2, 0.25) is 0 Å². The molecule has 5 aromatic rings. The van der Waals surface area contributed by atoms with Crippen LogP contribution in [-0.2, 0) is 14.2 Å². The first-order valence-corrected chi connectivity index (χ1v) is 16.5. The number of ether oxygens (including phenoxy) is 3. The van der Waals surface area contributed by atoms with Crippen molar-refractivity contribution in [2.45, 2.75) is 65.2 Å². The highest BCUT2D eigenvalue weighted by atomic mass is 16.5. The summed E-state index contributed by atoms with van der Waals surface area (Å²) in [7, 11) is 0. The standard InChI is InChI=1S/C38H40N2O6/c1-3-5-21-44-36(41)28-16-12-25-23-11-15-27-33-30(38(43)46-35(27)40-20-10-8-7-9-19-39)18-14-24(31(23)33)26-13-17-29(34(28)32(25)26)37(42)45-22-6-4-2/h11-18H,3-10,19-22,39H2,1-2H3. The summed E-state index contributed by atoms with van der Waals surface area (Å²) in [4.78, 5) is 44.9. The second kappa shape index (κ2) is 13.8. The van der Waals surface area contributed by atoms with Gasteiger partial charge < -0.3 is 19.9 Å². The van der Waals surface area contributed by atoms with Gasteiger partial charge in [-0.3, -0.25) is 4.99 Å². The number of nitrogens with two attached hydrogens (primary N) is 1. The molecule has 8 nitrogen and oxygen atoms in total. The van der Waals surface area contributed by atoms with Crippen LogP contribution in [0.5, 0.6) is 0 Å². The van der Waals surface area contributed by atoms with E-state index in [4.69, 9.17) is 24.9 Å². The molecule has 46 heavy (non-hydrogen) atoms. The Morgan fingerprint density at radius 3 is 1.74 bits per heavy atom. The number of carbonyl (C=O) groups is 3. The van der Waals surface area contributed by atoms with E-state index >= 15 is 0 Å². The average Bonchev–Trinajstić information content (AvgIpc) is 3.07. The lowest BCUT2D eigenvalue weighted by Crippen LogP contribution is -2.21. The summed E-state index contributed by atoms with van der Waals surface area (Å²) in [5.41, 5.74) is 7.55. The van der Waals surface area contributed by atoms with E-state index in [1.807, 2.05) is 44.2 Å². The molecule has 0 radical (unpaired) electrons. The van der Waals surface area contributed by atoms with Gasteiger partial charge in [0.2, 0.25) is 5.90 Å². The minimum atomic E-state index is -0.470. The molecule has 1 heterocycles. The third-order valence-corrected chi connectivity index (χ3v) is 8.81. The van der Waals surface area contributed by atoms with Gasteiger partial charge in [-0.25, -0.2) is 14.4 Å². The SMILES string of the molecule is CCCCOC(=O)c1ccc2c3ccc4c5c(ccc(c6ccc(C(=O)OCCCC)c1c26)c53)C(=NCCCCCCN)OC4=O. The summed E-state index contributed by atoms with van der Waals surface area (Å²) in [6.45, 7) is 5.91. The summed E-state index contributed by atoms with van der Waals surface area (Å²) >= 11 is 0. The van der Waals surface area contributed by atoms with Gasteiger partial charge in [-0.1, -0.05) is 63.8 Å². The Bertz CT molecular complexity index is 1900. The molecule has 0 atom stereocenters. The van der Waals surface area contributed by atoms with Gasteiger partial charge in [-0.05, 0) is 88.8 Å². The van der Waals surface area contributed by atoms with Crippen LogP contribution in [0.15, 0.2) is 53.5 Å². The fraction of sp³-hybridized carbons (Fsp3) is 0.368. The predicted octanol–water partition coefficient (Wildman–Crippen LogP) is 8.09. The number of hydrogen-bond donors (Lipinski definition) is 1. The molecule has 6 rings (SSSR count). The molecule has 0 aromatic heterocycles. The van der Waals surface area contributed by atoms with E-state index in [9.17, 15) is 14.4 Å². The highest BCUT2D eigenvalue weighted by molar-refractivity contribution is 6.39. The summed E-state index contributed by atoms with van der Waals surface area (Å²) in [5, 5.41) is 6.59. The Kier molecular flexibility index (Phi) is 9.45. The summed E-state index contributed by atoms with van der Waals surface area (Å²) in [5.74, 6) is -1.03. The number of benzene rings is 5. The van der Waals surface area contributed by atoms with Crippen LogP contribution < -0.4 is 5.73 Å². The van der Waals surface area contributed by atoms with Gasteiger partial charge in [0.05, 0.1) is 29.9 Å². The number of carbonyl (C=O) groups excluding carboxylic acids is 3. The largest absolute Gasteiger partial charge is 0.462 e. The number of esters is 3. The van der Waals surface area contributed by atoms with Crippen LogP contribution in [0, 0.1) is 0 Å². The van der Waals surface area contributed by atoms with E-state index < -0.39 is 17.9 Å².